The van der Waals surface area contributed by atoms with Gasteiger partial charge in [-0.3, -0.25) is 10.1 Å². The molecule has 6 heteroatoms. The molecule has 0 spiro atoms. The van der Waals surface area contributed by atoms with E-state index in [0.717, 1.165) is 21.5 Å². The van der Waals surface area contributed by atoms with Crippen LogP contribution in [-0.4, -0.2) is 9.91 Å². The van der Waals surface area contributed by atoms with Crippen molar-refractivity contribution in [3.05, 3.63) is 69.3 Å². The molecule has 0 saturated heterocycles. The molecule has 3 aromatic rings. The largest absolute Gasteiger partial charge is 0.433 e. The number of hydrogen-bond acceptors (Lipinski definition) is 5. The molecule has 0 bridgehead atoms. The minimum Gasteiger partial charge on any atom is -0.401 e. The molecule has 1 aromatic carbocycles. The number of nitro groups is 1. The van der Waals surface area contributed by atoms with Crippen molar-refractivity contribution in [2.75, 3.05) is 0 Å². The molecule has 22 heavy (non-hydrogen) atoms. The third kappa shape index (κ3) is 3.01. The highest BCUT2D eigenvalue weighted by atomic mass is 32.2. The molecule has 0 saturated carbocycles. The summed E-state index contributed by atoms with van der Waals surface area (Å²) in [6.45, 7) is 2.05. The Bertz CT molecular complexity index is 871. The number of fused-ring (bicyclic) bond motifs is 1. The van der Waals surface area contributed by atoms with Gasteiger partial charge < -0.3 is 4.42 Å². The second-order valence-corrected chi connectivity index (χ2v) is 5.57. The summed E-state index contributed by atoms with van der Waals surface area (Å²) in [4.78, 5) is 14.6. The van der Waals surface area contributed by atoms with Gasteiger partial charge in [0.25, 0.3) is 0 Å². The Morgan fingerprint density at radius 2 is 2.09 bits per heavy atom. The molecular formula is C16H12N2O3S. The molecule has 5 nitrogen and oxygen atoms in total. The van der Waals surface area contributed by atoms with Crippen LogP contribution in [0.5, 0.6) is 0 Å². The Balaban J connectivity index is 1.78. The molecule has 0 fully saturated rings. The lowest BCUT2D eigenvalue weighted by Gasteiger charge is -2.03. The minimum atomic E-state index is -0.557. The first kappa shape index (κ1) is 14.3. The molecule has 2 aromatic heterocycles. The number of rotatable bonds is 4. The highest BCUT2D eigenvalue weighted by Gasteiger charge is 2.09. The summed E-state index contributed by atoms with van der Waals surface area (Å²) in [7, 11) is 0. The molecule has 0 aliphatic heterocycles. The standard InChI is InChI=1S/C16H12N2O3S/c1-11-10-15(17-14-5-3-2-4-13(11)14)22-9-8-12-6-7-16(21-12)18(19)20/h2-10H,1H3/b9-8+. The predicted octanol–water partition coefficient (Wildman–Crippen LogP) is 4.81. The zero-order valence-corrected chi connectivity index (χ0v) is 12.5. The second kappa shape index (κ2) is 6.03. The lowest BCUT2D eigenvalue weighted by atomic mass is 10.1. The van der Waals surface area contributed by atoms with E-state index in [0.29, 0.717) is 5.76 Å². The predicted molar refractivity (Wildman–Crippen MR) is 86.7 cm³/mol. The molecular weight excluding hydrogens is 300 g/mol. The topological polar surface area (TPSA) is 69.2 Å². The quantitative estimate of drug-likeness (QED) is 0.393. The van der Waals surface area contributed by atoms with Gasteiger partial charge in [0.05, 0.1) is 11.6 Å². The van der Waals surface area contributed by atoms with Gasteiger partial charge in [0, 0.05) is 5.39 Å². The van der Waals surface area contributed by atoms with Crippen LogP contribution in [0.25, 0.3) is 17.0 Å². The smallest absolute Gasteiger partial charge is 0.401 e. The molecule has 3 rings (SSSR count). The molecule has 110 valence electrons. The van der Waals surface area contributed by atoms with Crippen LogP contribution in [-0.2, 0) is 0 Å². The number of nitrogens with zero attached hydrogens (tertiary/aromatic N) is 2. The summed E-state index contributed by atoms with van der Waals surface area (Å²) in [5, 5.41) is 14.4. The third-order valence-corrected chi connectivity index (χ3v) is 3.84. The third-order valence-electron chi connectivity index (χ3n) is 3.11. The summed E-state index contributed by atoms with van der Waals surface area (Å²) in [6, 6.07) is 12.9. The fourth-order valence-corrected chi connectivity index (χ4v) is 2.82. The van der Waals surface area contributed by atoms with Crippen LogP contribution >= 0.6 is 11.8 Å². The Morgan fingerprint density at radius 1 is 1.27 bits per heavy atom. The second-order valence-electron chi connectivity index (χ2n) is 4.65. The van der Waals surface area contributed by atoms with E-state index in [1.165, 1.54) is 17.8 Å². The molecule has 0 amide bonds. The first-order valence-electron chi connectivity index (χ1n) is 6.57. The van der Waals surface area contributed by atoms with E-state index in [1.807, 2.05) is 37.3 Å². The van der Waals surface area contributed by atoms with Crippen molar-refractivity contribution in [1.29, 1.82) is 0 Å². The van der Waals surface area contributed by atoms with Gasteiger partial charge >= 0.3 is 5.88 Å². The van der Waals surface area contributed by atoms with E-state index in [4.69, 9.17) is 4.42 Å². The average Bonchev–Trinajstić information content (AvgIpc) is 2.96. The van der Waals surface area contributed by atoms with Crippen molar-refractivity contribution >= 4 is 34.6 Å². The average molecular weight is 312 g/mol. The molecule has 0 atom stereocenters. The zero-order chi connectivity index (χ0) is 15.5. The van der Waals surface area contributed by atoms with Gasteiger partial charge in [-0.2, -0.15) is 0 Å². The Labute approximate surface area is 130 Å². The van der Waals surface area contributed by atoms with Crippen molar-refractivity contribution < 1.29 is 9.34 Å². The first-order valence-corrected chi connectivity index (χ1v) is 7.45. The number of hydrogen-bond donors (Lipinski definition) is 0. The number of furan rings is 1. The SMILES string of the molecule is Cc1cc(S/C=C/c2ccc([N+](=O)[O-])o2)nc2ccccc12. The van der Waals surface area contributed by atoms with Crippen LogP contribution in [0.3, 0.4) is 0 Å². The first-order chi connectivity index (χ1) is 10.6. The Hall–Kier alpha value is -2.60. The van der Waals surface area contributed by atoms with Crippen molar-refractivity contribution in [3.8, 4) is 0 Å². The van der Waals surface area contributed by atoms with Crippen LogP contribution < -0.4 is 0 Å². The maximum atomic E-state index is 10.5. The minimum absolute atomic E-state index is 0.260. The molecule has 2 heterocycles. The van der Waals surface area contributed by atoms with Crippen LogP contribution in [0.15, 0.2) is 57.3 Å². The summed E-state index contributed by atoms with van der Waals surface area (Å²) in [5.41, 5.74) is 2.11. The highest BCUT2D eigenvalue weighted by molar-refractivity contribution is 8.02. The monoisotopic (exact) mass is 312 g/mol. The summed E-state index contributed by atoms with van der Waals surface area (Å²) in [5.74, 6) is 0.182. The van der Waals surface area contributed by atoms with Crippen LogP contribution in [0, 0.1) is 17.0 Å². The zero-order valence-electron chi connectivity index (χ0n) is 11.7. The fraction of sp³-hybridized carbons (Fsp3) is 0.0625. The molecule has 0 N–H and O–H groups in total. The maximum Gasteiger partial charge on any atom is 0.433 e. The summed E-state index contributed by atoms with van der Waals surface area (Å²) >= 11 is 1.44. The lowest BCUT2D eigenvalue weighted by molar-refractivity contribution is -0.402. The summed E-state index contributed by atoms with van der Waals surface area (Å²) in [6.07, 6.45) is 1.68. The highest BCUT2D eigenvalue weighted by Crippen LogP contribution is 2.25. The van der Waals surface area contributed by atoms with Gasteiger partial charge in [0.2, 0.25) is 0 Å². The molecule has 0 unspecified atom stereocenters. The summed E-state index contributed by atoms with van der Waals surface area (Å²) < 4.78 is 5.06. The Kier molecular flexibility index (Phi) is 3.93. The maximum absolute atomic E-state index is 10.5. The van der Waals surface area contributed by atoms with Gasteiger partial charge in [0.15, 0.2) is 0 Å². The molecule has 0 radical (unpaired) electrons. The number of aryl methyl sites for hydroxylation is 1. The number of thioether (sulfide) groups is 1. The molecule has 0 aliphatic rings. The van der Waals surface area contributed by atoms with E-state index in [1.54, 1.807) is 17.6 Å². The van der Waals surface area contributed by atoms with Gasteiger partial charge in [0.1, 0.15) is 15.7 Å². The number of para-hydroxylation sites is 1. The van der Waals surface area contributed by atoms with Crippen molar-refractivity contribution in [1.82, 2.24) is 4.98 Å². The van der Waals surface area contributed by atoms with Crippen molar-refractivity contribution in [3.63, 3.8) is 0 Å². The van der Waals surface area contributed by atoms with E-state index in [2.05, 4.69) is 4.98 Å². The fourth-order valence-electron chi connectivity index (χ4n) is 2.08. The van der Waals surface area contributed by atoms with E-state index in [-0.39, 0.29) is 5.88 Å². The van der Waals surface area contributed by atoms with E-state index < -0.39 is 4.92 Å². The normalized spacial score (nSPS) is 11.3. The number of benzene rings is 1. The van der Waals surface area contributed by atoms with E-state index >= 15 is 0 Å². The van der Waals surface area contributed by atoms with Crippen LogP contribution in [0.2, 0.25) is 0 Å². The van der Waals surface area contributed by atoms with Gasteiger partial charge in [-0.1, -0.05) is 30.0 Å². The van der Waals surface area contributed by atoms with Gasteiger partial charge in [-0.15, -0.1) is 0 Å². The van der Waals surface area contributed by atoms with Gasteiger partial charge in [-0.25, -0.2) is 4.98 Å². The van der Waals surface area contributed by atoms with Crippen molar-refractivity contribution in [2.45, 2.75) is 11.9 Å². The van der Waals surface area contributed by atoms with E-state index in [9.17, 15) is 10.1 Å². The number of pyridine rings is 1. The van der Waals surface area contributed by atoms with Crippen LogP contribution in [0.1, 0.15) is 11.3 Å². The number of aromatic nitrogens is 1. The van der Waals surface area contributed by atoms with Crippen LogP contribution in [0.4, 0.5) is 5.88 Å². The Morgan fingerprint density at radius 3 is 2.86 bits per heavy atom. The molecule has 0 aliphatic carbocycles. The van der Waals surface area contributed by atoms with Crippen molar-refractivity contribution in [2.24, 2.45) is 0 Å². The lowest BCUT2D eigenvalue weighted by Crippen LogP contribution is -1.85. The van der Waals surface area contributed by atoms with Gasteiger partial charge in [-0.05, 0) is 42.2 Å².